The summed E-state index contributed by atoms with van der Waals surface area (Å²) in [5.74, 6) is -0.123. The topological polar surface area (TPSA) is 62.6 Å². The largest absolute Gasteiger partial charge is 0.467 e. The fraction of sp³-hybridized carbons (Fsp3) is 0.200. The summed E-state index contributed by atoms with van der Waals surface area (Å²) in [5, 5.41) is 3.26. The highest BCUT2D eigenvalue weighted by Crippen LogP contribution is 2.33. The van der Waals surface area contributed by atoms with Gasteiger partial charge in [0.05, 0.1) is 18.4 Å². The molecular formula is C25H24N2O3. The predicted octanol–water partition coefficient (Wildman–Crippen LogP) is 4.91. The van der Waals surface area contributed by atoms with E-state index >= 15 is 0 Å². The summed E-state index contributed by atoms with van der Waals surface area (Å²) in [6.07, 6.45) is 1.54. The second-order valence-electron chi connectivity index (χ2n) is 7.77. The number of carbonyl (C=O) groups is 2. The van der Waals surface area contributed by atoms with E-state index in [1.165, 1.54) is 11.2 Å². The number of nitrogens with one attached hydrogen (secondary N) is 1. The van der Waals surface area contributed by atoms with Crippen molar-refractivity contribution < 1.29 is 14.0 Å². The van der Waals surface area contributed by atoms with Crippen LogP contribution >= 0.6 is 0 Å². The predicted molar refractivity (Wildman–Crippen MR) is 117 cm³/mol. The van der Waals surface area contributed by atoms with Crippen molar-refractivity contribution >= 4 is 23.1 Å². The van der Waals surface area contributed by atoms with Crippen LogP contribution in [0.1, 0.15) is 33.6 Å². The number of nitrogens with zero attached hydrogens (tertiary/aromatic N) is 1. The number of rotatable bonds is 5. The van der Waals surface area contributed by atoms with Gasteiger partial charge in [-0.05, 0) is 73.7 Å². The van der Waals surface area contributed by atoms with Gasteiger partial charge in [-0.3, -0.25) is 14.5 Å². The van der Waals surface area contributed by atoms with Crippen LogP contribution in [-0.2, 0) is 16.1 Å². The molecule has 3 aromatic rings. The summed E-state index contributed by atoms with van der Waals surface area (Å²) in [6.45, 7) is 8.08. The molecule has 0 unspecified atom stereocenters. The van der Waals surface area contributed by atoms with Gasteiger partial charge in [-0.1, -0.05) is 30.3 Å². The van der Waals surface area contributed by atoms with E-state index in [4.69, 9.17) is 4.42 Å². The fourth-order valence-corrected chi connectivity index (χ4v) is 3.56. The maximum absolute atomic E-state index is 13.4. The average Bonchev–Trinajstić information content (AvgIpc) is 3.30. The van der Waals surface area contributed by atoms with Crippen LogP contribution < -0.4 is 5.32 Å². The number of furan rings is 1. The van der Waals surface area contributed by atoms with E-state index in [1.54, 1.807) is 12.1 Å². The van der Waals surface area contributed by atoms with Gasteiger partial charge >= 0.3 is 0 Å². The van der Waals surface area contributed by atoms with E-state index in [0.29, 0.717) is 17.0 Å². The Bertz CT molecular complexity index is 1170. The van der Waals surface area contributed by atoms with Gasteiger partial charge in [-0.25, -0.2) is 0 Å². The number of amides is 2. The van der Waals surface area contributed by atoms with Gasteiger partial charge in [0, 0.05) is 5.69 Å². The molecule has 0 saturated carbocycles. The molecule has 5 nitrogen and oxygen atoms in total. The minimum atomic E-state index is -0.356. The van der Waals surface area contributed by atoms with Crippen LogP contribution in [0.15, 0.2) is 64.9 Å². The van der Waals surface area contributed by atoms with Gasteiger partial charge in [0.25, 0.3) is 11.8 Å². The fourth-order valence-electron chi connectivity index (χ4n) is 3.56. The summed E-state index contributed by atoms with van der Waals surface area (Å²) in [4.78, 5) is 27.9. The van der Waals surface area contributed by atoms with Crippen LogP contribution in [0.4, 0.5) is 5.69 Å². The highest BCUT2D eigenvalue weighted by molar-refractivity contribution is 6.36. The Morgan fingerprint density at radius 1 is 0.867 bits per heavy atom. The van der Waals surface area contributed by atoms with Crippen LogP contribution in [0.5, 0.6) is 0 Å². The van der Waals surface area contributed by atoms with Gasteiger partial charge in [0.2, 0.25) is 0 Å². The molecule has 1 aliphatic rings. The molecule has 0 bridgehead atoms. The highest BCUT2D eigenvalue weighted by atomic mass is 16.3. The Labute approximate surface area is 176 Å². The van der Waals surface area contributed by atoms with Crippen LogP contribution in [0.2, 0.25) is 0 Å². The second-order valence-corrected chi connectivity index (χ2v) is 7.77. The third kappa shape index (κ3) is 3.54. The number of hydrogen-bond acceptors (Lipinski definition) is 4. The molecule has 0 atom stereocenters. The summed E-state index contributed by atoms with van der Waals surface area (Å²) < 4.78 is 5.37. The first kappa shape index (κ1) is 19.7. The van der Waals surface area contributed by atoms with Crippen molar-refractivity contribution in [2.24, 2.45) is 0 Å². The number of anilines is 1. The Morgan fingerprint density at radius 3 is 2.33 bits per heavy atom. The Balaban J connectivity index is 1.81. The molecule has 0 radical (unpaired) electrons. The quantitative estimate of drug-likeness (QED) is 0.619. The average molecular weight is 400 g/mol. The Hall–Kier alpha value is -3.60. The lowest BCUT2D eigenvalue weighted by Crippen LogP contribution is -2.31. The van der Waals surface area contributed by atoms with Crippen molar-refractivity contribution in [3.63, 3.8) is 0 Å². The van der Waals surface area contributed by atoms with E-state index in [1.807, 2.05) is 64.1 Å². The minimum Gasteiger partial charge on any atom is -0.467 e. The lowest BCUT2D eigenvalue weighted by Gasteiger charge is -2.14. The molecule has 5 heteroatoms. The van der Waals surface area contributed by atoms with E-state index in [-0.39, 0.29) is 18.4 Å². The Kier molecular flexibility index (Phi) is 5.04. The zero-order valence-electron chi connectivity index (χ0n) is 17.6. The standard InChI is InChI=1S/C25H24N2O3/c1-15-7-8-17(3)21(12-15)26-23-22(19-10-9-16(2)18(4)13-19)24(28)27(25(23)29)14-20-6-5-11-30-20/h5-13,26H,14H2,1-4H3. The van der Waals surface area contributed by atoms with Gasteiger partial charge in [0.15, 0.2) is 0 Å². The van der Waals surface area contributed by atoms with Gasteiger partial charge in [-0.15, -0.1) is 0 Å². The number of carbonyl (C=O) groups excluding carboxylic acids is 2. The van der Waals surface area contributed by atoms with Gasteiger partial charge in [0.1, 0.15) is 11.5 Å². The maximum atomic E-state index is 13.4. The molecule has 1 aromatic heterocycles. The number of hydrogen-bond donors (Lipinski definition) is 1. The molecule has 2 amide bonds. The number of imide groups is 1. The minimum absolute atomic E-state index is 0.0942. The third-order valence-electron chi connectivity index (χ3n) is 5.51. The molecule has 152 valence electrons. The summed E-state index contributed by atoms with van der Waals surface area (Å²) >= 11 is 0. The molecule has 30 heavy (non-hydrogen) atoms. The highest BCUT2D eigenvalue weighted by Gasteiger charge is 2.39. The monoisotopic (exact) mass is 400 g/mol. The van der Waals surface area contributed by atoms with Crippen molar-refractivity contribution in [1.82, 2.24) is 4.90 Å². The molecule has 0 spiro atoms. The third-order valence-corrected chi connectivity index (χ3v) is 5.51. The summed E-state index contributed by atoms with van der Waals surface area (Å²) in [6, 6.07) is 15.3. The molecule has 0 aliphatic carbocycles. The zero-order chi connectivity index (χ0) is 21.4. The van der Waals surface area contributed by atoms with Crippen molar-refractivity contribution in [2.45, 2.75) is 34.2 Å². The first-order valence-electron chi connectivity index (χ1n) is 9.90. The van der Waals surface area contributed by atoms with Gasteiger partial charge < -0.3 is 9.73 Å². The van der Waals surface area contributed by atoms with Crippen LogP contribution in [0.3, 0.4) is 0 Å². The molecule has 4 rings (SSSR count). The molecule has 0 fully saturated rings. The first-order chi connectivity index (χ1) is 14.3. The maximum Gasteiger partial charge on any atom is 0.278 e. The van der Waals surface area contributed by atoms with E-state index < -0.39 is 0 Å². The molecule has 2 aromatic carbocycles. The molecular weight excluding hydrogens is 376 g/mol. The SMILES string of the molecule is Cc1ccc(C)c(NC2=C(c3ccc(C)c(C)c3)C(=O)N(Cc3ccco3)C2=O)c1. The normalized spacial score (nSPS) is 14.1. The van der Waals surface area contributed by atoms with Crippen molar-refractivity contribution in [3.05, 3.63) is 94.1 Å². The zero-order valence-corrected chi connectivity index (χ0v) is 17.6. The van der Waals surface area contributed by atoms with Crippen LogP contribution in [-0.4, -0.2) is 16.7 Å². The van der Waals surface area contributed by atoms with Crippen molar-refractivity contribution in [3.8, 4) is 0 Å². The number of benzene rings is 2. The molecule has 2 heterocycles. The first-order valence-corrected chi connectivity index (χ1v) is 9.90. The van der Waals surface area contributed by atoms with E-state index in [0.717, 1.165) is 33.5 Å². The second kappa shape index (κ2) is 7.67. The molecule has 1 N–H and O–H groups in total. The van der Waals surface area contributed by atoms with Crippen LogP contribution in [0, 0.1) is 27.7 Å². The Morgan fingerprint density at radius 2 is 1.63 bits per heavy atom. The smallest absolute Gasteiger partial charge is 0.278 e. The number of aryl methyl sites for hydroxylation is 4. The van der Waals surface area contributed by atoms with E-state index in [9.17, 15) is 9.59 Å². The van der Waals surface area contributed by atoms with Gasteiger partial charge in [-0.2, -0.15) is 0 Å². The molecule has 0 saturated heterocycles. The lowest BCUT2D eigenvalue weighted by atomic mass is 9.99. The van der Waals surface area contributed by atoms with Crippen molar-refractivity contribution in [2.75, 3.05) is 5.32 Å². The van der Waals surface area contributed by atoms with E-state index in [2.05, 4.69) is 5.32 Å². The van der Waals surface area contributed by atoms with Crippen molar-refractivity contribution in [1.29, 1.82) is 0 Å². The van der Waals surface area contributed by atoms with Crippen LogP contribution in [0.25, 0.3) is 5.57 Å². The molecule has 1 aliphatic heterocycles. The summed E-state index contributed by atoms with van der Waals surface area (Å²) in [5.41, 5.74) is 6.49. The lowest BCUT2D eigenvalue weighted by molar-refractivity contribution is -0.137. The summed E-state index contributed by atoms with van der Waals surface area (Å²) in [7, 11) is 0.